The van der Waals surface area contributed by atoms with Crippen LogP contribution in [0.25, 0.3) is 0 Å². The highest BCUT2D eigenvalue weighted by Crippen LogP contribution is 2.45. The summed E-state index contributed by atoms with van der Waals surface area (Å²) in [6.07, 6.45) is 3.70. The number of aryl methyl sites for hydroxylation is 1. The van der Waals surface area contributed by atoms with E-state index in [1.165, 1.54) is 4.68 Å². The normalized spacial score (nSPS) is 22.3. The molecule has 1 aliphatic carbocycles. The Balaban J connectivity index is 2.41. The first-order valence-electron chi connectivity index (χ1n) is 8.88. The van der Waals surface area contributed by atoms with Gasteiger partial charge in [0, 0.05) is 6.42 Å². The van der Waals surface area contributed by atoms with Crippen molar-refractivity contribution >= 4 is 0 Å². The van der Waals surface area contributed by atoms with E-state index in [9.17, 15) is 8.78 Å². The van der Waals surface area contributed by atoms with E-state index in [-0.39, 0.29) is 17.5 Å². The average Bonchev–Trinajstić information content (AvgIpc) is 2.90. The van der Waals surface area contributed by atoms with E-state index < -0.39 is 11.5 Å². The number of nitrogens with zero attached hydrogens (tertiary/aromatic N) is 3. The summed E-state index contributed by atoms with van der Waals surface area (Å²) in [5.74, 6) is -2.55. The number of hydrogen-bond donors (Lipinski definition) is 0. The highest BCUT2D eigenvalue weighted by Gasteiger charge is 2.44. The van der Waals surface area contributed by atoms with Crippen LogP contribution < -0.4 is 0 Å². The van der Waals surface area contributed by atoms with Gasteiger partial charge in [0.25, 0.3) is 5.92 Å². The fourth-order valence-electron chi connectivity index (χ4n) is 3.42. The zero-order valence-corrected chi connectivity index (χ0v) is 15.4. The van der Waals surface area contributed by atoms with Crippen LogP contribution in [0, 0.1) is 11.3 Å². The molecule has 0 amide bonds. The lowest BCUT2D eigenvalue weighted by atomic mass is 9.71. The van der Waals surface area contributed by atoms with Crippen molar-refractivity contribution in [2.24, 2.45) is 11.3 Å². The van der Waals surface area contributed by atoms with E-state index in [0.717, 1.165) is 19.3 Å². The minimum absolute atomic E-state index is 0.0529. The fraction of sp³-hybridized carbons (Fsp3) is 0.889. The van der Waals surface area contributed by atoms with Crippen molar-refractivity contribution in [2.75, 3.05) is 0 Å². The molecule has 1 aliphatic rings. The van der Waals surface area contributed by atoms with Crippen LogP contribution >= 0.6 is 0 Å². The molecule has 1 unspecified atom stereocenters. The van der Waals surface area contributed by atoms with Crippen LogP contribution in [0.1, 0.15) is 85.0 Å². The number of hydrogen-bond acceptors (Lipinski definition) is 2. The molecule has 1 atom stereocenters. The molecule has 0 saturated carbocycles. The maximum absolute atomic E-state index is 15.0. The van der Waals surface area contributed by atoms with Crippen molar-refractivity contribution in [1.82, 2.24) is 15.0 Å². The lowest BCUT2D eigenvalue weighted by Gasteiger charge is -2.36. The van der Waals surface area contributed by atoms with E-state index in [2.05, 4.69) is 31.1 Å². The van der Waals surface area contributed by atoms with Gasteiger partial charge in [-0.15, -0.1) is 5.10 Å². The summed E-state index contributed by atoms with van der Waals surface area (Å²) in [6, 6.07) is 0. The summed E-state index contributed by atoms with van der Waals surface area (Å²) < 4.78 is 31.4. The van der Waals surface area contributed by atoms with Gasteiger partial charge in [-0.05, 0) is 50.9 Å². The van der Waals surface area contributed by atoms with Gasteiger partial charge in [0.15, 0.2) is 0 Å². The first-order chi connectivity index (χ1) is 10.5. The molecule has 23 heavy (non-hydrogen) atoms. The molecule has 0 N–H and O–H groups in total. The minimum Gasteiger partial charge on any atom is -0.237 e. The smallest absolute Gasteiger partial charge is 0.237 e. The monoisotopic (exact) mass is 327 g/mol. The minimum atomic E-state index is -2.85. The van der Waals surface area contributed by atoms with Crippen LogP contribution in [0.5, 0.6) is 0 Å². The molecule has 132 valence electrons. The Morgan fingerprint density at radius 2 is 1.78 bits per heavy atom. The molecule has 1 aromatic rings. The van der Waals surface area contributed by atoms with E-state index in [1.807, 2.05) is 20.8 Å². The quantitative estimate of drug-likeness (QED) is 0.752. The Hall–Kier alpha value is -1.00. The molecule has 0 saturated heterocycles. The molecule has 2 rings (SSSR count). The van der Waals surface area contributed by atoms with Gasteiger partial charge < -0.3 is 0 Å². The highest BCUT2D eigenvalue weighted by molar-refractivity contribution is 5.19. The Morgan fingerprint density at radius 1 is 1.13 bits per heavy atom. The fourth-order valence-corrected chi connectivity index (χ4v) is 3.42. The second-order valence-corrected chi connectivity index (χ2v) is 8.28. The molecule has 0 aliphatic heterocycles. The van der Waals surface area contributed by atoms with Gasteiger partial charge in [0.1, 0.15) is 5.69 Å². The van der Waals surface area contributed by atoms with Crippen molar-refractivity contribution in [3.63, 3.8) is 0 Å². The second-order valence-electron chi connectivity index (χ2n) is 8.28. The van der Waals surface area contributed by atoms with Crippen molar-refractivity contribution in [3.8, 4) is 0 Å². The first-order valence-corrected chi connectivity index (χ1v) is 8.88. The summed E-state index contributed by atoms with van der Waals surface area (Å²) in [4.78, 5) is 0. The molecular weight excluding hydrogens is 296 g/mol. The molecule has 0 radical (unpaired) electrons. The highest BCUT2D eigenvalue weighted by atomic mass is 19.3. The number of halogens is 2. The Bertz CT molecular complexity index is 546. The van der Waals surface area contributed by atoms with E-state index in [4.69, 9.17) is 0 Å². The lowest BCUT2D eigenvalue weighted by molar-refractivity contribution is -0.0408. The van der Waals surface area contributed by atoms with E-state index >= 15 is 0 Å². The number of fused-ring (bicyclic) bond motifs is 1. The predicted molar refractivity (Wildman–Crippen MR) is 88.6 cm³/mol. The topological polar surface area (TPSA) is 30.7 Å². The van der Waals surface area contributed by atoms with Crippen molar-refractivity contribution < 1.29 is 8.78 Å². The largest absolute Gasteiger partial charge is 0.291 e. The molecule has 0 spiro atoms. The third kappa shape index (κ3) is 3.43. The summed E-state index contributed by atoms with van der Waals surface area (Å²) in [6.45, 7) is 12.4. The number of alkyl halides is 2. The number of aromatic nitrogens is 3. The van der Waals surface area contributed by atoms with Gasteiger partial charge in [0.05, 0.1) is 11.2 Å². The summed E-state index contributed by atoms with van der Waals surface area (Å²) >= 11 is 0. The zero-order chi connectivity index (χ0) is 17.5. The van der Waals surface area contributed by atoms with Gasteiger partial charge in [-0.2, -0.15) is 8.78 Å². The Labute approximate surface area is 138 Å². The molecular formula is C18H31F2N3. The zero-order valence-electron chi connectivity index (χ0n) is 15.4. The van der Waals surface area contributed by atoms with E-state index in [0.29, 0.717) is 24.5 Å². The standard InChI is InChI=1S/C18H31F2N3/c1-7-16(3,4)13-9-10-14-15(18(19,20)12-11-13)23(22-21-14)17(5,6)8-2/h13H,7-12H2,1-6H3. The maximum atomic E-state index is 15.0. The van der Waals surface area contributed by atoms with Gasteiger partial charge in [-0.25, -0.2) is 4.68 Å². The van der Waals surface area contributed by atoms with Gasteiger partial charge in [-0.1, -0.05) is 39.3 Å². The van der Waals surface area contributed by atoms with Crippen molar-refractivity contribution in [3.05, 3.63) is 11.4 Å². The van der Waals surface area contributed by atoms with Gasteiger partial charge in [-0.3, -0.25) is 0 Å². The number of rotatable bonds is 4. The van der Waals surface area contributed by atoms with Gasteiger partial charge in [0.2, 0.25) is 0 Å². The SMILES string of the molecule is CCC(C)(C)C1CCc2nnn(C(C)(C)CC)c2C(F)(F)CC1. The molecule has 1 heterocycles. The van der Waals surface area contributed by atoms with Gasteiger partial charge >= 0.3 is 0 Å². The Kier molecular flexibility index (Phi) is 4.89. The molecule has 0 fully saturated rings. The summed E-state index contributed by atoms with van der Waals surface area (Å²) in [7, 11) is 0. The third-order valence-corrected chi connectivity index (χ3v) is 6.08. The summed E-state index contributed by atoms with van der Waals surface area (Å²) in [5, 5.41) is 8.26. The lowest BCUT2D eigenvalue weighted by Crippen LogP contribution is -2.35. The predicted octanol–water partition coefficient (Wildman–Crippen LogP) is 5.29. The average molecular weight is 327 g/mol. The molecule has 0 aromatic carbocycles. The molecule has 5 heteroatoms. The maximum Gasteiger partial charge on any atom is 0.291 e. The third-order valence-electron chi connectivity index (χ3n) is 6.08. The first kappa shape index (κ1) is 18.3. The Morgan fingerprint density at radius 3 is 2.35 bits per heavy atom. The van der Waals surface area contributed by atoms with Crippen LogP contribution in [0.2, 0.25) is 0 Å². The van der Waals surface area contributed by atoms with Crippen LogP contribution in [0.3, 0.4) is 0 Å². The van der Waals surface area contributed by atoms with Crippen LogP contribution in [-0.4, -0.2) is 15.0 Å². The molecule has 3 nitrogen and oxygen atoms in total. The second kappa shape index (κ2) is 6.14. The summed E-state index contributed by atoms with van der Waals surface area (Å²) in [5.41, 5.74) is 0.197. The van der Waals surface area contributed by atoms with E-state index in [1.54, 1.807) is 0 Å². The van der Waals surface area contributed by atoms with Crippen molar-refractivity contribution in [1.29, 1.82) is 0 Å². The van der Waals surface area contributed by atoms with Crippen LogP contribution in [0.15, 0.2) is 0 Å². The van der Waals surface area contributed by atoms with Crippen LogP contribution in [0.4, 0.5) is 8.78 Å². The molecule has 1 aromatic heterocycles. The van der Waals surface area contributed by atoms with Crippen molar-refractivity contribution in [2.45, 2.75) is 91.5 Å². The van der Waals surface area contributed by atoms with Crippen LogP contribution in [-0.2, 0) is 17.9 Å². The molecule has 0 bridgehead atoms.